The summed E-state index contributed by atoms with van der Waals surface area (Å²) in [7, 11) is 0. The second-order valence-corrected chi connectivity index (χ2v) is 6.39. The molecule has 3 rings (SSSR count). The van der Waals surface area contributed by atoms with Crippen molar-refractivity contribution in [2.45, 2.75) is 39.2 Å². The molecule has 0 spiro atoms. The number of nitrogens with zero attached hydrogens (tertiary/aromatic N) is 1. The summed E-state index contributed by atoms with van der Waals surface area (Å²) in [5, 5.41) is 0. The summed E-state index contributed by atoms with van der Waals surface area (Å²) in [5.74, 6) is 0.148. The van der Waals surface area contributed by atoms with Crippen LogP contribution >= 0.6 is 12.2 Å². The Hall–Kier alpha value is -1.23. The number of aromatic nitrogens is 2. The summed E-state index contributed by atoms with van der Waals surface area (Å²) in [6.07, 6.45) is 3.13. The van der Waals surface area contributed by atoms with Crippen molar-refractivity contribution in [1.82, 2.24) is 9.55 Å². The average molecular weight is 296 g/mol. The highest BCUT2D eigenvalue weighted by Crippen LogP contribution is 2.38. The van der Waals surface area contributed by atoms with Crippen molar-refractivity contribution in [2.75, 3.05) is 0 Å². The minimum atomic E-state index is -0.581. The third kappa shape index (κ3) is 2.18. The Bertz CT molecular complexity index is 704. The molecule has 1 aliphatic rings. The number of hydrogen-bond acceptors (Lipinski definition) is 1. The van der Waals surface area contributed by atoms with Crippen LogP contribution in [0.5, 0.6) is 0 Å². The quantitative estimate of drug-likeness (QED) is 0.736. The molecular weight excluding hydrogens is 278 g/mol. The maximum Gasteiger partial charge on any atom is 0.178 e. The molecule has 1 saturated carbocycles. The van der Waals surface area contributed by atoms with E-state index in [1.165, 1.54) is 6.07 Å². The van der Waals surface area contributed by atoms with Gasteiger partial charge in [0.05, 0.1) is 5.52 Å². The molecule has 5 heteroatoms. The molecule has 3 unspecified atom stereocenters. The summed E-state index contributed by atoms with van der Waals surface area (Å²) >= 11 is 5.32. The van der Waals surface area contributed by atoms with Crippen LogP contribution in [0.4, 0.5) is 8.78 Å². The minimum Gasteiger partial charge on any atom is -0.328 e. The number of halogens is 2. The molecule has 2 nitrogen and oxygen atoms in total. The highest BCUT2D eigenvalue weighted by molar-refractivity contribution is 7.71. The van der Waals surface area contributed by atoms with Gasteiger partial charge in [0.25, 0.3) is 0 Å². The van der Waals surface area contributed by atoms with Crippen LogP contribution in [0, 0.1) is 28.2 Å². The smallest absolute Gasteiger partial charge is 0.178 e. The summed E-state index contributed by atoms with van der Waals surface area (Å²) in [4.78, 5) is 2.88. The minimum absolute atomic E-state index is 0.226. The number of H-pyrrole nitrogens is 1. The molecule has 1 N–H and O–H groups in total. The monoisotopic (exact) mass is 296 g/mol. The molecule has 3 atom stereocenters. The maximum atomic E-state index is 13.8. The summed E-state index contributed by atoms with van der Waals surface area (Å²) in [6.45, 7) is 4.49. The third-order valence-corrected chi connectivity index (χ3v) is 4.98. The van der Waals surface area contributed by atoms with E-state index in [9.17, 15) is 8.78 Å². The van der Waals surface area contributed by atoms with Gasteiger partial charge < -0.3 is 9.55 Å². The molecule has 1 heterocycles. The number of hydrogen-bond donors (Lipinski definition) is 1. The fraction of sp³-hybridized carbons (Fsp3) is 0.533. The number of nitrogens with one attached hydrogen (secondary N) is 1. The van der Waals surface area contributed by atoms with Gasteiger partial charge in [-0.05, 0) is 49.4 Å². The van der Waals surface area contributed by atoms with Crippen LogP contribution in [0.15, 0.2) is 12.1 Å². The second kappa shape index (κ2) is 4.95. The van der Waals surface area contributed by atoms with E-state index in [1.54, 1.807) is 0 Å². The molecule has 0 aliphatic heterocycles. The van der Waals surface area contributed by atoms with Gasteiger partial charge in [-0.3, -0.25) is 0 Å². The van der Waals surface area contributed by atoms with E-state index < -0.39 is 11.6 Å². The lowest BCUT2D eigenvalue weighted by Gasteiger charge is -2.33. The molecule has 0 saturated heterocycles. The fourth-order valence-electron chi connectivity index (χ4n) is 3.27. The van der Waals surface area contributed by atoms with Crippen molar-refractivity contribution < 1.29 is 8.78 Å². The Morgan fingerprint density at radius 3 is 2.65 bits per heavy atom. The van der Waals surface area contributed by atoms with Gasteiger partial charge in [0.2, 0.25) is 0 Å². The number of benzene rings is 1. The van der Waals surface area contributed by atoms with Crippen molar-refractivity contribution in [1.29, 1.82) is 0 Å². The zero-order valence-corrected chi connectivity index (χ0v) is 12.4. The fourth-order valence-corrected chi connectivity index (χ4v) is 3.62. The SMILES string of the molecule is CC1CCC(n2c(=S)[nH]c3c(F)cc(F)cc32)CC1C. The van der Waals surface area contributed by atoms with Gasteiger partial charge in [-0.1, -0.05) is 13.8 Å². The largest absolute Gasteiger partial charge is 0.328 e. The van der Waals surface area contributed by atoms with E-state index in [0.29, 0.717) is 27.6 Å². The van der Waals surface area contributed by atoms with Crippen LogP contribution in [0.3, 0.4) is 0 Å². The second-order valence-electron chi connectivity index (χ2n) is 6.00. The van der Waals surface area contributed by atoms with Crippen LogP contribution in [-0.4, -0.2) is 9.55 Å². The molecule has 2 aromatic rings. The van der Waals surface area contributed by atoms with Crippen LogP contribution in [0.1, 0.15) is 39.2 Å². The molecule has 1 aromatic carbocycles. The van der Waals surface area contributed by atoms with Gasteiger partial charge in [-0.2, -0.15) is 0 Å². The topological polar surface area (TPSA) is 20.7 Å². The number of aromatic amines is 1. The van der Waals surface area contributed by atoms with Crippen LogP contribution in [0.25, 0.3) is 11.0 Å². The summed E-state index contributed by atoms with van der Waals surface area (Å²) < 4.78 is 29.7. The number of imidazole rings is 1. The highest BCUT2D eigenvalue weighted by Gasteiger charge is 2.27. The lowest BCUT2D eigenvalue weighted by Crippen LogP contribution is -2.23. The van der Waals surface area contributed by atoms with Gasteiger partial charge >= 0.3 is 0 Å². The van der Waals surface area contributed by atoms with E-state index in [2.05, 4.69) is 18.8 Å². The van der Waals surface area contributed by atoms with Crippen molar-refractivity contribution in [3.63, 3.8) is 0 Å². The molecule has 0 bridgehead atoms. The van der Waals surface area contributed by atoms with Gasteiger partial charge in [-0.15, -0.1) is 0 Å². The number of rotatable bonds is 1. The third-order valence-electron chi connectivity index (χ3n) is 4.68. The Morgan fingerprint density at radius 2 is 1.95 bits per heavy atom. The summed E-state index contributed by atoms with van der Waals surface area (Å²) in [6, 6.07) is 2.49. The summed E-state index contributed by atoms with van der Waals surface area (Å²) in [5.41, 5.74) is 0.849. The maximum absolute atomic E-state index is 13.8. The number of fused-ring (bicyclic) bond motifs is 1. The lowest BCUT2D eigenvalue weighted by molar-refractivity contribution is 0.212. The van der Waals surface area contributed by atoms with E-state index >= 15 is 0 Å². The van der Waals surface area contributed by atoms with Crippen LogP contribution in [0.2, 0.25) is 0 Å². The first kappa shape index (κ1) is 13.7. The van der Waals surface area contributed by atoms with Gasteiger partial charge in [0, 0.05) is 12.1 Å². The van der Waals surface area contributed by atoms with Crippen molar-refractivity contribution in [3.8, 4) is 0 Å². The normalized spacial score (nSPS) is 27.1. The average Bonchev–Trinajstić information content (AvgIpc) is 2.70. The lowest BCUT2D eigenvalue weighted by atomic mass is 9.79. The van der Waals surface area contributed by atoms with Crippen molar-refractivity contribution in [3.05, 3.63) is 28.5 Å². The van der Waals surface area contributed by atoms with Crippen LogP contribution < -0.4 is 0 Å². The van der Waals surface area contributed by atoms with Crippen LogP contribution in [-0.2, 0) is 0 Å². The van der Waals surface area contributed by atoms with Crippen molar-refractivity contribution >= 4 is 23.3 Å². The molecule has 1 aliphatic carbocycles. The molecule has 0 radical (unpaired) electrons. The Morgan fingerprint density at radius 1 is 1.20 bits per heavy atom. The zero-order chi connectivity index (χ0) is 14.4. The first-order valence-electron chi connectivity index (χ1n) is 7.06. The van der Waals surface area contributed by atoms with Gasteiger partial charge in [0.1, 0.15) is 11.3 Å². The predicted octanol–water partition coefficient (Wildman–Crippen LogP) is 4.97. The molecule has 0 amide bonds. The van der Waals surface area contributed by atoms with E-state index in [-0.39, 0.29) is 6.04 Å². The van der Waals surface area contributed by atoms with Gasteiger partial charge in [0.15, 0.2) is 10.6 Å². The van der Waals surface area contributed by atoms with E-state index in [0.717, 1.165) is 25.3 Å². The van der Waals surface area contributed by atoms with E-state index in [4.69, 9.17) is 12.2 Å². The van der Waals surface area contributed by atoms with E-state index in [1.807, 2.05) is 4.57 Å². The molecule has 108 valence electrons. The Labute approximate surface area is 121 Å². The first-order chi connectivity index (χ1) is 9.47. The van der Waals surface area contributed by atoms with Crippen molar-refractivity contribution in [2.24, 2.45) is 11.8 Å². The Balaban J connectivity index is 2.12. The standard InChI is InChI=1S/C15H18F2N2S/c1-8-3-4-11(5-9(8)2)19-13-7-10(16)6-12(17)14(13)18-15(19)20/h6-9,11H,3-5H2,1-2H3,(H,18,20). The molecule has 20 heavy (non-hydrogen) atoms. The zero-order valence-electron chi connectivity index (χ0n) is 11.6. The Kier molecular flexibility index (Phi) is 3.40. The first-order valence-corrected chi connectivity index (χ1v) is 7.47. The molecule has 1 aromatic heterocycles. The predicted molar refractivity (Wildman–Crippen MR) is 78.3 cm³/mol. The molecular formula is C15H18F2N2S. The van der Waals surface area contributed by atoms with Gasteiger partial charge in [-0.25, -0.2) is 8.78 Å². The highest BCUT2D eigenvalue weighted by atomic mass is 32.1. The molecule has 1 fully saturated rings.